The molecule has 0 unspecified atom stereocenters. The number of aromatic nitrogens is 4. The topological polar surface area (TPSA) is 47.7 Å². The van der Waals surface area contributed by atoms with E-state index in [1.54, 1.807) is 0 Å². The smallest absolute Gasteiger partial charge is 0.0863 e. The van der Waals surface area contributed by atoms with E-state index >= 15 is 0 Å². The Morgan fingerprint density at radius 3 is 2.43 bits per heavy atom. The maximum Gasteiger partial charge on any atom is 0.0863 e. The highest BCUT2D eigenvalue weighted by atomic mass is 35.5. The summed E-state index contributed by atoms with van der Waals surface area (Å²) in [6.45, 7) is 8.64. The van der Waals surface area contributed by atoms with E-state index in [2.05, 4.69) is 42.5 Å². The number of hydrogen-bond donors (Lipinski definition) is 1. The van der Waals surface area contributed by atoms with Gasteiger partial charge in [-0.25, -0.2) is 0 Å². The van der Waals surface area contributed by atoms with E-state index in [1.807, 2.05) is 16.4 Å². The standard InChI is InChI=1S/C15H24ClN5/c1-5-12-11(10-20(4)18-12)8-17-9-14-15(16)13(6-2)19-21(14)7-3/h10,17H,5-9H2,1-4H3. The molecule has 2 heterocycles. The van der Waals surface area contributed by atoms with E-state index in [1.165, 1.54) is 5.56 Å². The molecular formula is C15H24ClN5. The normalized spacial score (nSPS) is 11.3. The van der Waals surface area contributed by atoms with Gasteiger partial charge in [0.15, 0.2) is 0 Å². The van der Waals surface area contributed by atoms with Gasteiger partial charge in [-0.1, -0.05) is 25.4 Å². The Labute approximate surface area is 131 Å². The maximum absolute atomic E-state index is 6.41. The summed E-state index contributed by atoms with van der Waals surface area (Å²) in [5, 5.41) is 13.3. The Bertz CT molecular complexity index is 599. The summed E-state index contributed by atoms with van der Waals surface area (Å²) >= 11 is 6.41. The zero-order valence-corrected chi connectivity index (χ0v) is 14.0. The van der Waals surface area contributed by atoms with Crippen molar-refractivity contribution in [1.29, 1.82) is 0 Å². The molecule has 21 heavy (non-hydrogen) atoms. The molecule has 0 aliphatic rings. The summed E-state index contributed by atoms with van der Waals surface area (Å²) in [5.74, 6) is 0. The fraction of sp³-hybridized carbons (Fsp3) is 0.600. The molecule has 0 saturated heterocycles. The van der Waals surface area contributed by atoms with Crippen molar-refractivity contribution in [1.82, 2.24) is 24.9 Å². The summed E-state index contributed by atoms with van der Waals surface area (Å²) in [7, 11) is 1.96. The van der Waals surface area contributed by atoms with Gasteiger partial charge in [-0.15, -0.1) is 0 Å². The van der Waals surface area contributed by atoms with Crippen LogP contribution in [0.1, 0.15) is 43.4 Å². The first-order valence-electron chi connectivity index (χ1n) is 7.56. The molecule has 2 aromatic rings. The molecule has 0 amide bonds. The van der Waals surface area contributed by atoms with Gasteiger partial charge in [-0.3, -0.25) is 9.36 Å². The molecule has 0 aliphatic carbocycles. The zero-order chi connectivity index (χ0) is 15.4. The molecule has 2 aromatic heterocycles. The van der Waals surface area contributed by atoms with Crippen molar-refractivity contribution >= 4 is 11.6 Å². The van der Waals surface area contributed by atoms with Crippen molar-refractivity contribution in [2.24, 2.45) is 7.05 Å². The Balaban J connectivity index is 2.04. The second-order valence-electron chi connectivity index (χ2n) is 5.11. The predicted octanol–water partition coefficient (Wildman–Crippen LogP) is 2.70. The van der Waals surface area contributed by atoms with Gasteiger partial charge in [-0.2, -0.15) is 10.2 Å². The van der Waals surface area contributed by atoms with Crippen LogP contribution in [-0.4, -0.2) is 19.6 Å². The number of nitrogens with one attached hydrogen (secondary N) is 1. The fourth-order valence-corrected chi connectivity index (χ4v) is 2.87. The van der Waals surface area contributed by atoms with Crippen LogP contribution in [0.5, 0.6) is 0 Å². The first-order valence-corrected chi connectivity index (χ1v) is 7.94. The SMILES string of the molecule is CCc1nn(C)cc1CNCc1c(Cl)c(CC)nn1CC. The fourth-order valence-electron chi connectivity index (χ4n) is 2.53. The van der Waals surface area contributed by atoms with E-state index in [4.69, 9.17) is 11.6 Å². The van der Waals surface area contributed by atoms with Gasteiger partial charge >= 0.3 is 0 Å². The lowest BCUT2D eigenvalue weighted by Gasteiger charge is -2.07. The number of halogens is 1. The van der Waals surface area contributed by atoms with Crippen molar-refractivity contribution in [3.63, 3.8) is 0 Å². The minimum Gasteiger partial charge on any atom is -0.307 e. The van der Waals surface area contributed by atoms with Gasteiger partial charge in [0.05, 0.1) is 22.1 Å². The van der Waals surface area contributed by atoms with E-state index in [0.717, 1.165) is 54.6 Å². The quantitative estimate of drug-likeness (QED) is 0.855. The third kappa shape index (κ3) is 3.47. The molecule has 0 spiro atoms. The van der Waals surface area contributed by atoms with Crippen LogP contribution in [-0.2, 0) is 39.5 Å². The summed E-state index contributed by atoms with van der Waals surface area (Å²) in [6, 6.07) is 0. The van der Waals surface area contributed by atoms with E-state index < -0.39 is 0 Å². The third-order valence-electron chi connectivity index (χ3n) is 3.63. The molecule has 1 N–H and O–H groups in total. The lowest BCUT2D eigenvalue weighted by atomic mass is 10.2. The van der Waals surface area contributed by atoms with Crippen LogP contribution in [0.2, 0.25) is 5.02 Å². The van der Waals surface area contributed by atoms with E-state index in [0.29, 0.717) is 0 Å². The second-order valence-corrected chi connectivity index (χ2v) is 5.49. The van der Waals surface area contributed by atoms with Crippen LogP contribution in [0.25, 0.3) is 0 Å². The number of hydrogen-bond acceptors (Lipinski definition) is 3. The summed E-state index contributed by atoms with van der Waals surface area (Å²) < 4.78 is 3.85. The van der Waals surface area contributed by atoms with Gasteiger partial charge in [0.2, 0.25) is 0 Å². The Morgan fingerprint density at radius 1 is 1.10 bits per heavy atom. The first kappa shape index (κ1) is 16.0. The highest BCUT2D eigenvalue weighted by molar-refractivity contribution is 6.31. The van der Waals surface area contributed by atoms with Crippen LogP contribution in [0.4, 0.5) is 0 Å². The number of rotatable bonds is 7. The zero-order valence-electron chi connectivity index (χ0n) is 13.3. The number of nitrogens with zero attached hydrogens (tertiary/aromatic N) is 4. The molecule has 2 rings (SSSR count). The van der Waals surface area contributed by atoms with Crippen molar-refractivity contribution in [2.75, 3.05) is 0 Å². The molecule has 0 atom stereocenters. The molecular weight excluding hydrogens is 286 g/mol. The van der Waals surface area contributed by atoms with Gasteiger partial charge < -0.3 is 5.32 Å². The summed E-state index contributed by atoms with van der Waals surface area (Å²) in [6.07, 6.45) is 3.88. The Hall–Kier alpha value is -1.33. The van der Waals surface area contributed by atoms with Crippen LogP contribution in [0.3, 0.4) is 0 Å². The van der Waals surface area contributed by atoms with Crippen molar-refractivity contribution in [3.8, 4) is 0 Å². The van der Waals surface area contributed by atoms with Crippen molar-refractivity contribution < 1.29 is 0 Å². The van der Waals surface area contributed by atoms with Crippen molar-refractivity contribution in [2.45, 2.75) is 53.2 Å². The maximum atomic E-state index is 6.41. The Morgan fingerprint density at radius 2 is 1.81 bits per heavy atom. The molecule has 0 radical (unpaired) electrons. The molecule has 0 aromatic carbocycles. The third-order valence-corrected chi connectivity index (χ3v) is 4.07. The molecule has 116 valence electrons. The van der Waals surface area contributed by atoms with E-state index in [-0.39, 0.29) is 0 Å². The van der Waals surface area contributed by atoms with Crippen LogP contribution in [0, 0.1) is 0 Å². The average Bonchev–Trinajstić information content (AvgIpc) is 2.99. The Kier molecular flexibility index (Phi) is 5.42. The minimum absolute atomic E-state index is 0.720. The lowest BCUT2D eigenvalue weighted by molar-refractivity contribution is 0.577. The summed E-state index contributed by atoms with van der Waals surface area (Å²) in [4.78, 5) is 0. The van der Waals surface area contributed by atoms with Crippen LogP contribution in [0.15, 0.2) is 6.20 Å². The molecule has 0 fully saturated rings. The van der Waals surface area contributed by atoms with Gasteiger partial charge in [0.25, 0.3) is 0 Å². The molecule has 6 heteroatoms. The van der Waals surface area contributed by atoms with Crippen molar-refractivity contribution in [3.05, 3.63) is 33.9 Å². The van der Waals surface area contributed by atoms with Gasteiger partial charge in [0, 0.05) is 38.4 Å². The van der Waals surface area contributed by atoms with Gasteiger partial charge in [0.1, 0.15) is 0 Å². The summed E-state index contributed by atoms with van der Waals surface area (Å²) in [5.41, 5.74) is 4.44. The predicted molar refractivity (Wildman–Crippen MR) is 85.4 cm³/mol. The van der Waals surface area contributed by atoms with E-state index in [9.17, 15) is 0 Å². The molecule has 0 bridgehead atoms. The average molecular weight is 310 g/mol. The number of aryl methyl sites for hydroxylation is 4. The van der Waals surface area contributed by atoms with Crippen LogP contribution < -0.4 is 5.32 Å². The monoisotopic (exact) mass is 309 g/mol. The molecule has 5 nitrogen and oxygen atoms in total. The molecule has 0 saturated carbocycles. The lowest BCUT2D eigenvalue weighted by Crippen LogP contribution is -2.17. The largest absolute Gasteiger partial charge is 0.307 e. The highest BCUT2D eigenvalue weighted by Gasteiger charge is 2.14. The highest BCUT2D eigenvalue weighted by Crippen LogP contribution is 2.21. The molecule has 0 aliphatic heterocycles. The van der Waals surface area contributed by atoms with Gasteiger partial charge in [-0.05, 0) is 19.8 Å². The second kappa shape index (κ2) is 7.09. The first-order chi connectivity index (χ1) is 10.1. The minimum atomic E-state index is 0.720. The van der Waals surface area contributed by atoms with Crippen LogP contribution >= 0.6 is 11.6 Å².